The highest BCUT2D eigenvalue weighted by Crippen LogP contribution is 2.32. The van der Waals surface area contributed by atoms with Gasteiger partial charge in [-0.25, -0.2) is 19.7 Å². The molecule has 2 fully saturated rings. The molecule has 2 aliphatic rings. The number of imidazole rings is 1. The van der Waals surface area contributed by atoms with E-state index in [4.69, 9.17) is 15.2 Å². The van der Waals surface area contributed by atoms with E-state index >= 15 is 0 Å². The predicted molar refractivity (Wildman–Crippen MR) is 123 cm³/mol. The third-order valence-electron chi connectivity index (χ3n) is 6.21. The van der Waals surface area contributed by atoms with E-state index in [1.807, 2.05) is 0 Å². The van der Waals surface area contributed by atoms with Gasteiger partial charge in [0, 0.05) is 26.1 Å². The Kier molecular flexibility index (Phi) is 7.34. The molecular formula is C22H29N7O6. The molecule has 188 valence electrons. The summed E-state index contributed by atoms with van der Waals surface area (Å²) in [6, 6.07) is 0. The molecule has 2 amide bonds. The summed E-state index contributed by atoms with van der Waals surface area (Å²) in [5.41, 5.74) is 6.61. The molecule has 0 spiro atoms. The number of fused-ring (bicyclic) bond motifs is 1. The Balaban J connectivity index is 1.49. The fourth-order valence-electron chi connectivity index (χ4n) is 4.28. The van der Waals surface area contributed by atoms with E-state index in [0.29, 0.717) is 32.0 Å². The molecule has 2 unspecified atom stereocenters. The lowest BCUT2D eigenvalue weighted by molar-refractivity contribution is -0.137. The molecular weight excluding hydrogens is 458 g/mol. The number of nitrogens with zero attached hydrogens (tertiary/aromatic N) is 5. The van der Waals surface area contributed by atoms with Crippen molar-refractivity contribution in [3.63, 3.8) is 0 Å². The van der Waals surface area contributed by atoms with E-state index in [9.17, 15) is 19.8 Å². The quantitative estimate of drug-likeness (QED) is 0.406. The van der Waals surface area contributed by atoms with E-state index in [2.05, 4.69) is 32.1 Å². The van der Waals surface area contributed by atoms with Crippen molar-refractivity contribution in [3.05, 3.63) is 12.2 Å². The standard InChI is InChI=1S/C22H29N7O6/c1-3-24-20(32)17-15(30)16(31)21(35-17)29-11-25-14-18(23)26-13(27-19(14)29)6-4-5-12-7-9-28(10-8-12)22(33)34-2/h11-12,15-17,21,30-31H,3,5,7-10H2,1-2H3,(H,24,32)(H2,23,26,27)/t15?,16?,17-,21+/m0/s1. The lowest BCUT2D eigenvalue weighted by Crippen LogP contribution is -2.42. The number of nitrogens with two attached hydrogens (primary N) is 1. The number of methoxy groups -OCH3 is 1. The first kappa shape index (κ1) is 24.6. The van der Waals surface area contributed by atoms with Crippen LogP contribution in [0.25, 0.3) is 11.2 Å². The van der Waals surface area contributed by atoms with Gasteiger partial charge in [0.15, 0.2) is 23.8 Å². The summed E-state index contributed by atoms with van der Waals surface area (Å²) >= 11 is 0. The van der Waals surface area contributed by atoms with Gasteiger partial charge in [-0.2, -0.15) is 0 Å². The number of carbonyl (C=O) groups excluding carboxylic acids is 2. The molecule has 35 heavy (non-hydrogen) atoms. The zero-order chi connectivity index (χ0) is 25.1. The monoisotopic (exact) mass is 487 g/mol. The van der Waals surface area contributed by atoms with Crippen molar-refractivity contribution >= 4 is 29.0 Å². The van der Waals surface area contributed by atoms with Crippen molar-refractivity contribution in [2.45, 2.75) is 50.7 Å². The normalized spacial score (nSPS) is 24.7. The van der Waals surface area contributed by atoms with Crippen LogP contribution >= 0.6 is 0 Å². The summed E-state index contributed by atoms with van der Waals surface area (Å²) in [5, 5.41) is 23.4. The number of anilines is 1. The number of nitrogen functional groups attached to an aromatic ring is 1. The number of nitrogens with one attached hydrogen (secondary N) is 1. The minimum Gasteiger partial charge on any atom is -0.453 e. The van der Waals surface area contributed by atoms with Crippen LogP contribution in [0.1, 0.15) is 38.2 Å². The average Bonchev–Trinajstić information content (AvgIpc) is 3.40. The highest BCUT2D eigenvalue weighted by molar-refractivity contribution is 5.83. The number of rotatable bonds is 4. The number of hydrogen-bond donors (Lipinski definition) is 4. The number of aliphatic hydroxyl groups excluding tert-OH is 2. The van der Waals surface area contributed by atoms with E-state index < -0.39 is 30.4 Å². The molecule has 2 aromatic heterocycles. The van der Waals surface area contributed by atoms with Crippen molar-refractivity contribution in [1.82, 2.24) is 29.7 Å². The van der Waals surface area contributed by atoms with Gasteiger partial charge < -0.3 is 35.6 Å². The number of ether oxygens (including phenoxy) is 2. The third-order valence-corrected chi connectivity index (χ3v) is 6.21. The van der Waals surface area contributed by atoms with Crippen LogP contribution in [0.5, 0.6) is 0 Å². The second kappa shape index (κ2) is 10.4. The predicted octanol–water partition coefficient (Wildman–Crippen LogP) is -0.616. The van der Waals surface area contributed by atoms with Crippen molar-refractivity contribution < 1.29 is 29.3 Å². The van der Waals surface area contributed by atoms with Crippen LogP contribution in [0.15, 0.2) is 6.33 Å². The maximum absolute atomic E-state index is 12.2. The SMILES string of the molecule is CCNC(=O)[C@H]1O[C@@H](n2cnc3c(N)nc(C#CCC4CCN(C(=O)OC)CC4)nc32)C(O)C1O. The second-order valence-electron chi connectivity index (χ2n) is 8.49. The summed E-state index contributed by atoms with van der Waals surface area (Å²) in [4.78, 5) is 38.3. The molecule has 0 bridgehead atoms. The molecule has 0 saturated carbocycles. The van der Waals surface area contributed by atoms with Gasteiger partial charge in [0.1, 0.15) is 17.7 Å². The molecule has 4 rings (SSSR count). The summed E-state index contributed by atoms with van der Waals surface area (Å²) < 4.78 is 11.8. The van der Waals surface area contributed by atoms with Crippen molar-refractivity contribution in [3.8, 4) is 11.8 Å². The number of piperidine rings is 1. The Hall–Kier alpha value is -3.47. The van der Waals surface area contributed by atoms with E-state index in [1.54, 1.807) is 11.8 Å². The van der Waals surface area contributed by atoms with Gasteiger partial charge in [0.05, 0.1) is 13.4 Å². The maximum Gasteiger partial charge on any atom is 0.409 e. The Labute approximate surface area is 201 Å². The van der Waals surface area contributed by atoms with E-state index in [-0.39, 0.29) is 28.9 Å². The summed E-state index contributed by atoms with van der Waals surface area (Å²) in [5.74, 6) is 6.11. The lowest BCUT2D eigenvalue weighted by Gasteiger charge is -2.29. The third kappa shape index (κ3) is 5.00. The largest absolute Gasteiger partial charge is 0.453 e. The zero-order valence-electron chi connectivity index (χ0n) is 19.5. The van der Waals surface area contributed by atoms with Gasteiger partial charge >= 0.3 is 6.09 Å². The van der Waals surface area contributed by atoms with E-state index in [1.165, 1.54) is 18.0 Å². The molecule has 2 aromatic rings. The van der Waals surface area contributed by atoms with Gasteiger partial charge in [-0.05, 0) is 31.6 Å². The van der Waals surface area contributed by atoms with Crippen molar-refractivity contribution in [2.75, 3.05) is 32.5 Å². The number of likely N-dealkylation sites (tertiary alicyclic amines) is 1. The second-order valence-corrected chi connectivity index (χ2v) is 8.49. The number of aromatic nitrogens is 4. The molecule has 2 aliphatic heterocycles. The topological polar surface area (TPSA) is 178 Å². The number of amides is 2. The molecule has 0 aromatic carbocycles. The number of likely N-dealkylation sites (N-methyl/N-ethyl adjacent to an activating group) is 1. The fraction of sp³-hybridized carbons (Fsp3) is 0.591. The van der Waals surface area contributed by atoms with Crippen LogP contribution in [-0.4, -0.2) is 91.7 Å². The Morgan fingerprint density at radius 3 is 2.71 bits per heavy atom. The molecule has 2 saturated heterocycles. The van der Waals surface area contributed by atoms with Gasteiger partial charge in [-0.1, -0.05) is 5.92 Å². The van der Waals surface area contributed by atoms with Crippen LogP contribution in [0.3, 0.4) is 0 Å². The first-order valence-electron chi connectivity index (χ1n) is 11.4. The molecule has 0 radical (unpaired) electrons. The Morgan fingerprint density at radius 2 is 2.03 bits per heavy atom. The van der Waals surface area contributed by atoms with Gasteiger partial charge in [-0.15, -0.1) is 0 Å². The maximum atomic E-state index is 12.2. The minimum absolute atomic E-state index is 0.109. The van der Waals surface area contributed by atoms with Crippen LogP contribution < -0.4 is 11.1 Å². The number of aliphatic hydroxyl groups is 2. The Morgan fingerprint density at radius 1 is 1.29 bits per heavy atom. The average molecular weight is 488 g/mol. The smallest absolute Gasteiger partial charge is 0.409 e. The Bertz CT molecular complexity index is 1150. The lowest BCUT2D eigenvalue weighted by atomic mass is 9.94. The molecule has 13 heteroatoms. The zero-order valence-corrected chi connectivity index (χ0v) is 19.5. The van der Waals surface area contributed by atoms with E-state index in [0.717, 1.165) is 12.8 Å². The molecule has 4 heterocycles. The highest BCUT2D eigenvalue weighted by atomic mass is 16.6. The summed E-state index contributed by atoms with van der Waals surface area (Å²) in [7, 11) is 1.37. The number of hydrogen-bond acceptors (Lipinski definition) is 10. The van der Waals surface area contributed by atoms with Gasteiger partial charge in [-0.3, -0.25) is 9.36 Å². The fourth-order valence-corrected chi connectivity index (χ4v) is 4.28. The molecule has 4 atom stereocenters. The highest BCUT2D eigenvalue weighted by Gasteiger charge is 2.47. The van der Waals surface area contributed by atoms with Gasteiger partial charge in [0.25, 0.3) is 5.91 Å². The van der Waals surface area contributed by atoms with Crippen molar-refractivity contribution in [2.24, 2.45) is 5.92 Å². The first-order valence-corrected chi connectivity index (χ1v) is 11.4. The summed E-state index contributed by atoms with van der Waals surface area (Å²) in [6.07, 6.45) is -1.84. The van der Waals surface area contributed by atoms with Crippen molar-refractivity contribution in [1.29, 1.82) is 0 Å². The van der Waals surface area contributed by atoms with Crippen LogP contribution in [0.4, 0.5) is 10.6 Å². The minimum atomic E-state index is -1.42. The number of carbonyl (C=O) groups is 2. The molecule has 13 nitrogen and oxygen atoms in total. The molecule has 0 aliphatic carbocycles. The molecule has 5 N–H and O–H groups in total. The first-order chi connectivity index (χ1) is 16.8. The van der Waals surface area contributed by atoms with Crippen LogP contribution in [0.2, 0.25) is 0 Å². The summed E-state index contributed by atoms with van der Waals surface area (Å²) in [6.45, 7) is 3.35. The van der Waals surface area contributed by atoms with Crippen LogP contribution in [0, 0.1) is 17.8 Å². The van der Waals surface area contributed by atoms with Crippen LogP contribution in [-0.2, 0) is 14.3 Å². The van der Waals surface area contributed by atoms with Gasteiger partial charge in [0.2, 0.25) is 5.82 Å².